The first-order chi connectivity index (χ1) is 11.1. The maximum Gasteiger partial charge on any atom is 0.188 e. The molecule has 0 amide bonds. The molecule has 2 rings (SSSR count). The summed E-state index contributed by atoms with van der Waals surface area (Å²) in [6.07, 6.45) is 1.78. The van der Waals surface area contributed by atoms with Crippen LogP contribution in [0.2, 0.25) is 5.02 Å². The van der Waals surface area contributed by atoms with Crippen LogP contribution < -0.4 is 11.1 Å². The molecule has 1 fully saturated rings. The van der Waals surface area contributed by atoms with E-state index in [0.29, 0.717) is 32.3 Å². The van der Waals surface area contributed by atoms with Crippen LogP contribution in [0.25, 0.3) is 0 Å². The Morgan fingerprint density at radius 2 is 2.08 bits per heavy atom. The highest BCUT2D eigenvalue weighted by molar-refractivity contribution is 14.0. The number of hydrogen-bond donors (Lipinski definition) is 2. The third kappa shape index (κ3) is 5.75. The molecule has 136 valence electrons. The first-order valence-corrected chi connectivity index (χ1v) is 8.33. The molecule has 0 aliphatic carbocycles. The molecule has 1 atom stereocenters. The van der Waals surface area contributed by atoms with Crippen LogP contribution in [0, 0.1) is 0 Å². The van der Waals surface area contributed by atoms with E-state index in [1.165, 1.54) is 0 Å². The highest BCUT2D eigenvalue weighted by atomic mass is 127. The zero-order chi connectivity index (χ0) is 16.7. The van der Waals surface area contributed by atoms with E-state index in [-0.39, 0.29) is 35.4 Å². The van der Waals surface area contributed by atoms with Crippen molar-refractivity contribution in [1.29, 1.82) is 0 Å². The maximum absolute atomic E-state index is 6.44. The fourth-order valence-corrected chi connectivity index (χ4v) is 3.33. The topological polar surface area (TPSA) is 68.9 Å². The lowest BCUT2D eigenvalue weighted by molar-refractivity contribution is 0.0531. The van der Waals surface area contributed by atoms with E-state index < -0.39 is 0 Å². The average Bonchev–Trinajstić information content (AvgIpc) is 2.54. The second-order valence-electron chi connectivity index (χ2n) is 6.07. The number of rotatable bonds is 6. The average molecular weight is 468 g/mol. The summed E-state index contributed by atoms with van der Waals surface area (Å²) in [7, 11) is 1.67. The largest absolute Gasteiger partial charge is 0.383 e. The van der Waals surface area contributed by atoms with Crippen LogP contribution in [-0.4, -0.2) is 45.5 Å². The zero-order valence-corrected chi connectivity index (χ0v) is 17.3. The molecule has 1 aliphatic heterocycles. The third-order valence-corrected chi connectivity index (χ3v) is 4.59. The van der Waals surface area contributed by atoms with Gasteiger partial charge < -0.3 is 20.5 Å². The molecule has 7 heteroatoms. The van der Waals surface area contributed by atoms with Crippen molar-refractivity contribution in [2.24, 2.45) is 10.7 Å². The molecule has 24 heavy (non-hydrogen) atoms. The molecule has 0 radical (unpaired) electrons. The minimum absolute atomic E-state index is 0. The van der Waals surface area contributed by atoms with Crippen LogP contribution in [0.3, 0.4) is 0 Å². The minimum Gasteiger partial charge on any atom is -0.383 e. The molecule has 1 heterocycles. The van der Waals surface area contributed by atoms with Crippen molar-refractivity contribution in [3.8, 4) is 0 Å². The van der Waals surface area contributed by atoms with Crippen LogP contribution >= 0.6 is 35.6 Å². The minimum atomic E-state index is -0.118. The normalized spacial score (nSPS) is 18.5. The van der Waals surface area contributed by atoms with Crippen molar-refractivity contribution in [2.45, 2.75) is 31.2 Å². The van der Waals surface area contributed by atoms with Gasteiger partial charge in [-0.2, -0.15) is 0 Å². The van der Waals surface area contributed by atoms with Gasteiger partial charge in [0.05, 0.1) is 13.2 Å². The Balaban J connectivity index is 0.00000288. The van der Waals surface area contributed by atoms with E-state index >= 15 is 0 Å². The monoisotopic (exact) mass is 467 g/mol. The summed E-state index contributed by atoms with van der Waals surface area (Å²) in [6.45, 7) is 4.62. The van der Waals surface area contributed by atoms with Crippen LogP contribution in [0.15, 0.2) is 29.3 Å². The Kier molecular flexibility index (Phi) is 9.33. The summed E-state index contributed by atoms with van der Waals surface area (Å²) in [5.41, 5.74) is 7.03. The van der Waals surface area contributed by atoms with Crippen molar-refractivity contribution in [1.82, 2.24) is 5.32 Å². The van der Waals surface area contributed by atoms with Gasteiger partial charge in [0.15, 0.2) is 5.96 Å². The van der Waals surface area contributed by atoms with Crippen LogP contribution in [-0.2, 0) is 14.9 Å². The van der Waals surface area contributed by atoms with Gasteiger partial charge >= 0.3 is 0 Å². The number of guanidine groups is 1. The molecule has 0 bridgehead atoms. The van der Waals surface area contributed by atoms with Crippen molar-refractivity contribution in [3.63, 3.8) is 0 Å². The summed E-state index contributed by atoms with van der Waals surface area (Å²) in [4.78, 5) is 4.57. The van der Waals surface area contributed by atoms with E-state index in [4.69, 9.17) is 26.8 Å². The van der Waals surface area contributed by atoms with Crippen molar-refractivity contribution in [3.05, 3.63) is 34.9 Å². The fourth-order valence-electron chi connectivity index (χ4n) is 2.99. The zero-order valence-electron chi connectivity index (χ0n) is 14.3. The number of nitrogens with one attached hydrogen (secondary N) is 1. The van der Waals surface area contributed by atoms with E-state index in [1.54, 1.807) is 7.11 Å². The highest BCUT2D eigenvalue weighted by Crippen LogP contribution is 2.38. The molecule has 3 N–H and O–H groups in total. The number of hydrogen-bond acceptors (Lipinski definition) is 3. The molecule has 1 unspecified atom stereocenters. The van der Waals surface area contributed by atoms with E-state index in [9.17, 15) is 0 Å². The number of ether oxygens (including phenoxy) is 2. The Morgan fingerprint density at radius 1 is 1.42 bits per heavy atom. The van der Waals surface area contributed by atoms with Gasteiger partial charge in [-0.1, -0.05) is 29.8 Å². The third-order valence-electron chi connectivity index (χ3n) is 4.26. The first kappa shape index (κ1) is 21.5. The van der Waals surface area contributed by atoms with Crippen molar-refractivity contribution < 1.29 is 9.47 Å². The van der Waals surface area contributed by atoms with Crippen molar-refractivity contribution >= 4 is 41.5 Å². The number of nitrogens with zero attached hydrogens (tertiary/aromatic N) is 1. The van der Waals surface area contributed by atoms with E-state index in [2.05, 4.69) is 16.4 Å². The van der Waals surface area contributed by atoms with Crippen LogP contribution in [0.5, 0.6) is 0 Å². The van der Waals surface area contributed by atoms with Gasteiger partial charge in [-0.3, -0.25) is 4.99 Å². The molecule has 1 saturated heterocycles. The SMILES string of the molecule is COCC(C)NC(N)=NCC1(c2ccccc2Cl)CCOCC1.I. The van der Waals surface area contributed by atoms with Gasteiger partial charge in [0.1, 0.15) is 0 Å². The number of halogens is 2. The lowest BCUT2D eigenvalue weighted by Gasteiger charge is -2.37. The van der Waals surface area contributed by atoms with E-state index in [1.807, 2.05) is 25.1 Å². The second kappa shape index (κ2) is 10.4. The van der Waals surface area contributed by atoms with Gasteiger partial charge in [0.25, 0.3) is 0 Å². The molecular weight excluding hydrogens is 441 g/mol. The smallest absolute Gasteiger partial charge is 0.188 e. The number of benzene rings is 1. The predicted molar refractivity (Wildman–Crippen MR) is 110 cm³/mol. The fraction of sp³-hybridized carbons (Fsp3) is 0.588. The van der Waals surface area contributed by atoms with Gasteiger partial charge in [-0.25, -0.2) is 0 Å². The van der Waals surface area contributed by atoms with Gasteiger partial charge in [-0.15, -0.1) is 24.0 Å². The Hall–Kier alpha value is -0.570. The van der Waals surface area contributed by atoms with Gasteiger partial charge in [0.2, 0.25) is 0 Å². The molecule has 0 spiro atoms. The molecule has 1 aromatic rings. The molecular formula is C17H27ClIN3O2. The summed E-state index contributed by atoms with van der Waals surface area (Å²) >= 11 is 6.44. The molecule has 0 saturated carbocycles. The molecule has 0 aromatic heterocycles. The molecule has 1 aromatic carbocycles. The summed E-state index contributed by atoms with van der Waals surface area (Å²) < 4.78 is 10.6. The first-order valence-electron chi connectivity index (χ1n) is 7.95. The highest BCUT2D eigenvalue weighted by Gasteiger charge is 2.36. The number of methoxy groups -OCH3 is 1. The number of aliphatic imine (C=N–C) groups is 1. The lowest BCUT2D eigenvalue weighted by atomic mass is 9.74. The predicted octanol–water partition coefficient (Wildman–Crippen LogP) is 2.95. The Labute approximate surface area is 166 Å². The quantitative estimate of drug-likeness (QED) is 0.383. The van der Waals surface area contributed by atoms with Crippen LogP contribution in [0.4, 0.5) is 0 Å². The Bertz CT molecular complexity index is 536. The maximum atomic E-state index is 6.44. The Morgan fingerprint density at radius 3 is 2.71 bits per heavy atom. The van der Waals surface area contributed by atoms with Gasteiger partial charge in [-0.05, 0) is 31.4 Å². The summed E-state index contributed by atoms with van der Waals surface area (Å²) in [5, 5.41) is 3.92. The summed E-state index contributed by atoms with van der Waals surface area (Å²) in [5.74, 6) is 0.437. The van der Waals surface area contributed by atoms with Crippen molar-refractivity contribution in [2.75, 3.05) is 33.5 Å². The summed E-state index contributed by atoms with van der Waals surface area (Å²) in [6, 6.07) is 8.10. The van der Waals surface area contributed by atoms with Gasteiger partial charge in [0, 0.05) is 36.8 Å². The lowest BCUT2D eigenvalue weighted by Crippen LogP contribution is -2.43. The van der Waals surface area contributed by atoms with Crippen LogP contribution in [0.1, 0.15) is 25.3 Å². The van der Waals surface area contributed by atoms with E-state index in [0.717, 1.165) is 23.4 Å². The molecule has 1 aliphatic rings. The second-order valence-corrected chi connectivity index (χ2v) is 6.48. The standard InChI is InChI=1S/C17H26ClN3O2.HI/c1-13(11-22-2)21-16(19)20-12-17(7-9-23-10-8-17)14-5-3-4-6-15(14)18;/h3-6,13H,7-12H2,1-2H3,(H3,19,20,21);1H. The molecule has 5 nitrogen and oxygen atoms in total. The number of nitrogens with two attached hydrogens (primary N) is 1.